The molecule has 132 valence electrons. The molecule has 0 heterocycles. The third kappa shape index (κ3) is 5.22. The minimum atomic E-state index is 0.0587. The fourth-order valence-corrected chi connectivity index (χ4v) is 2.99. The molecule has 0 saturated carbocycles. The average Bonchev–Trinajstić information content (AvgIpc) is 2.52. The van der Waals surface area contributed by atoms with Crippen molar-refractivity contribution >= 4 is 0 Å². The summed E-state index contributed by atoms with van der Waals surface area (Å²) in [6.45, 7) is 15.4. The predicted octanol–water partition coefficient (Wildman–Crippen LogP) is 4.05. The van der Waals surface area contributed by atoms with Crippen molar-refractivity contribution in [3.05, 3.63) is 29.3 Å². The highest BCUT2D eigenvalue weighted by Crippen LogP contribution is 2.37. The molecule has 3 heteroatoms. The largest absolute Gasteiger partial charge is 0.493 e. The van der Waals surface area contributed by atoms with Gasteiger partial charge in [-0.1, -0.05) is 53.7 Å². The highest BCUT2D eigenvalue weighted by molar-refractivity contribution is 5.42. The molecule has 0 aliphatic heterocycles. The molecule has 0 saturated heterocycles. The van der Waals surface area contributed by atoms with Crippen LogP contribution in [0.4, 0.5) is 0 Å². The Hall–Kier alpha value is -1.06. The number of rotatable bonds is 8. The molecule has 3 nitrogen and oxygen atoms in total. The van der Waals surface area contributed by atoms with Crippen LogP contribution < -0.4 is 16.2 Å². The minimum Gasteiger partial charge on any atom is -0.493 e. The third-order valence-electron chi connectivity index (χ3n) is 4.94. The summed E-state index contributed by atoms with van der Waals surface area (Å²) in [7, 11) is 0. The summed E-state index contributed by atoms with van der Waals surface area (Å²) in [5.41, 5.74) is 14.4. The van der Waals surface area contributed by atoms with E-state index in [9.17, 15) is 0 Å². The van der Waals surface area contributed by atoms with Crippen molar-refractivity contribution in [2.75, 3.05) is 19.7 Å². The molecule has 1 aromatic carbocycles. The Labute approximate surface area is 142 Å². The van der Waals surface area contributed by atoms with Crippen LogP contribution in [-0.4, -0.2) is 19.7 Å². The van der Waals surface area contributed by atoms with Crippen molar-refractivity contribution in [3.8, 4) is 5.75 Å². The molecule has 0 bridgehead atoms. The molecule has 2 unspecified atom stereocenters. The fraction of sp³-hybridized carbons (Fsp3) is 0.700. The topological polar surface area (TPSA) is 61.3 Å². The van der Waals surface area contributed by atoms with Crippen LogP contribution in [0.25, 0.3) is 0 Å². The van der Waals surface area contributed by atoms with Crippen LogP contribution in [0.1, 0.15) is 65.0 Å². The first-order valence-electron chi connectivity index (χ1n) is 8.93. The third-order valence-corrected chi connectivity index (χ3v) is 4.94. The summed E-state index contributed by atoms with van der Waals surface area (Å²) in [4.78, 5) is 0. The van der Waals surface area contributed by atoms with Crippen molar-refractivity contribution in [3.63, 3.8) is 0 Å². The predicted molar refractivity (Wildman–Crippen MR) is 100 cm³/mol. The maximum atomic E-state index is 5.96. The average molecular weight is 321 g/mol. The lowest BCUT2D eigenvalue weighted by Gasteiger charge is -2.29. The Bertz CT molecular complexity index is 475. The molecule has 1 rings (SSSR count). The van der Waals surface area contributed by atoms with Gasteiger partial charge in [-0.15, -0.1) is 0 Å². The van der Waals surface area contributed by atoms with E-state index in [1.54, 1.807) is 0 Å². The number of benzene rings is 1. The van der Waals surface area contributed by atoms with Gasteiger partial charge in [-0.25, -0.2) is 0 Å². The maximum absolute atomic E-state index is 5.96. The SMILES string of the molecule is CCCOc1ccc(C(C)C(C)C(CN)CN)cc1C(C)(C)C. The number of nitrogens with two attached hydrogens (primary N) is 2. The standard InChI is InChI=1S/C20H36N2O/c1-7-10-23-19-9-8-16(11-18(19)20(4,5)6)14(2)15(3)17(12-21)13-22/h8-9,11,14-15,17H,7,10,12-13,21-22H2,1-6H3. The Morgan fingerprint density at radius 3 is 2.17 bits per heavy atom. The van der Waals surface area contributed by atoms with Crippen LogP contribution in [-0.2, 0) is 5.41 Å². The van der Waals surface area contributed by atoms with Crippen LogP contribution in [0.3, 0.4) is 0 Å². The monoisotopic (exact) mass is 320 g/mol. The molecule has 0 amide bonds. The molecule has 0 aliphatic rings. The van der Waals surface area contributed by atoms with Gasteiger partial charge in [0.25, 0.3) is 0 Å². The van der Waals surface area contributed by atoms with Crippen molar-refractivity contribution in [1.82, 2.24) is 0 Å². The Morgan fingerprint density at radius 2 is 1.70 bits per heavy atom. The Balaban J connectivity index is 3.13. The van der Waals surface area contributed by atoms with Gasteiger partial charge < -0.3 is 16.2 Å². The van der Waals surface area contributed by atoms with Crippen LogP contribution in [0.15, 0.2) is 18.2 Å². The Kier molecular flexibility index (Phi) is 7.56. The van der Waals surface area contributed by atoms with Gasteiger partial charge in [0, 0.05) is 0 Å². The van der Waals surface area contributed by atoms with Crippen molar-refractivity contribution < 1.29 is 4.74 Å². The second kappa shape index (κ2) is 8.70. The van der Waals surface area contributed by atoms with Crippen molar-refractivity contribution in [2.24, 2.45) is 23.3 Å². The smallest absolute Gasteiger partial charge is 0.123 e. The van der Waals surface area contributed by atoms with Crippen LogP contribution in [0, 0.1) is 11.8 Å². The Morgan fingerprint density at radius 1 is 1.09 bits per heavy atom. The van der Waals surface area contributed by atoms with Gasteiger partial charge in [-0.05, 0) is 59.9 Å². The quantitative estimate of drug-likeness (QED) is 0.759. The van der Waals surface area contributed by atoms with Gasteiger partial charge in [0.15, 0.2) is 0 Å². The minimum absolute atomic E-state index is 0.0587. The molecule has 0 aromatic heterocycles. The van der Waals surface area contributed by atoms with Gasteiger partial charge in [0.05, 0.1) is 6.61 Å². The highest BCUT2D eigenvalue weighted by atomic mass is 16.5. The maximum Gasteiger partial charge on any atom is 0.123 e. The molecule has 23 heavy (non-hydrogen) atoms. The molecule has 4 N–H and O–H groups in total. The van der Waals surface area contributed by atoms with Crippen LogP contribution >= 0.6 is 0 Å². The molecule has 0 radical (unpaired) electrons. The van der Waals surface area contributed by atoms with Gasteiger partial charge in [-0.2, -0.15) is 0 Å². The van der Waals surface area contributed by atoms with E-state index in [-0.39, 0.29) is 5.41 Å². The lowest BCUT2D eigenvalue weighted by Crippen LogP contribution is -2.31. The second-order valence-electron chi connectivity index (χ2n) is 7.73. The molecule has 1 aromatic rings. The summed E-state index contributed by atoms with van der Waals surface area (Å²) in [5.74, 6) is 2.25. The zero-order valence-corrected chi connectivity index (χ0v) is 15.9. The van der Waals surface area contributed by atoms with Crippen LogP contribution in [0.5, 0.6) is 5.75 Å². The van der Waals surface area contributed by atoms with Gasteiger partial charge in [0.2, 0.25) is 0 Å². The molecule has 0 spiro atoms. The first kappa shape index (κ1) is 20.0. The second-order valence-corrected chi connectivity index (χ2v) is 7.73. The van der Waals surface area contributed by atoms with E-state index in [1.165, 1.54) is 11.1 Å². The molecule has 0 fully saturated rings. The summed E-state index contributed by atoms with van der Waals surface area (Å²) < 4.78 is 5.96. The molecule has 2 atom stereocenters. The summed E-state index contributed by atoms with van der Waals surface area (Å²) in [6, 6.07) is 6.65. The number of hydrogen-bond donors (Lipinski definition) is 2. The van der Waals surface area contributed by atoms with Gasteiger partial charge >= 0.3 is 0 Å². The lowest BCUT2D eigenvalue weighted by molar-refractivity contribution is 0.307. The zero-order chi connectivity index (χ0) is 17.6. The van der Waals surface area contributed by atoms with E-state index in [4.69, 9.17) is 16.2 Å². The highest BCUT2D eigenvalue weighted by Gasteiger charge is 2.25. The van der Waals surface area contributed by atoms with E-state index in [0.29, 0.717) is 30.8 Å². The van der Waals surface area contributed by atoms with Crippen LogP contribution in [0.2, 0.25) is 0 Å². The first-order valence-corrected chi connectivity index (χ1v) is 8.93. The normalized spacial score (nSPS) is 14.8. The zero-order valence-electron chi connectivity index (χ0n) is 15.9. The molecular weight excluding hydrogens is 284 g/mol. The first-order chi connectivity index (χ1) is 10.8. The van der Waals surface area contributed by atoms with E-state index in [1.807, 2.05) is 0 Å². The van der Waals surface area contributed by atoms with E-state index in [2.05, 4.69) is 59.7 Å². The van der Waals surface area contributed by atoms with E-state index in [0.717, 1.165) is 18.8 Å². The number of hydrogen-bond acceptors (Lipinski definition) is 3. The fourth-order valence-electron chi connectivity index (χ4n) is 2.99. The summed E-state index contributed by atoms with van der Waals surface area (Å²) in [5, 5.41) is 0. The van der Waals surface area contributed by atoms with Crippen molar-refractivity contribution in [2.45, 2.75) is 59.3 Å². The van der Waals surface area contributed by atoms with Gasteiger partial charge in [0.1, 0.15) is 5.75 Å². The van der Waals surface area contributed by atoms with Gasteiger partial charge in [-0.3, -0.25) is 0 Å². The molecule has 0 aliphatic carbocycles. The summed E-state index contributed by atoms with van der Waals surface area (Å²) >= 11 is 0. The summed E-state index contributed by atoms with van der Waals surface area (Å²) in [6.07, 6.45) is 1.02. The van der Waals surface area contributed by atoms with Crippen molar-refractivity contribution in [1.29, 1.82) is 0 Å². The van der Waals surface area contributed by atoms with E-state index < -0.39 is 0 Å². The number of ether oxygens (including phenoxy) is 1. The lowest BCUT2D eigenvalue weighted by atomic mass is 9.77. The molecular formula is C20H36N2O. The van der Waals surface area contributed by atoms with E-state index >= 15 is 0 Å².